The topological polar surface area (TPSA) is 52.6 Å². The Kier molecular flexibility index (Phi) is 4.24. The Balaban J connectivity index is 2.42. The molecule has 1 aliphatic carbocycles. The first kappa shape index (κ1) is 14.1. The fraction of sp³-hybridized carbons (Fsp3) is 0.429. The van der Waals surface area contributed by atoms with Crippen LogP contribution in [0.3, 0.4) is 0 Å². The number of hydrogen-bond donors (Lipinski definition) is 0. The van der Waals surface area contributed by atoms with Gasteiger partial charge in [-0.3, -0.25) is 9.59 Å². The van der Waals surface area contributed by atoms with Crippen LogP contribution in [0, 0.1) is 5.92 Å². The minimum absolute atomic E-state index is 0.210. The standard InChI is InChI=1S/C14H15BrO4/c1-3-19-14(17)9-5-4-8-10(15)6-7-11(18-2)12(8)13(9)16/h6-7,9H,3-5H2,1-2H3/t9-/m0/s1. The van der Waals surface area contributed by atoms with E-state index in [2.05, 4.69) is 15.9 Å². The molecule has 0 amide bonds. The summed E-state index contributed by atoms with van der Waals surface area (Å²) >= 11 is 3.44. The third kappa shape index (κ3) is 2.52. The second-order valence-electron chi connectivity index (χ2n) is 4.31. The molecule has 0 radical (unpaired) electrons. The fourth-order valence-electron chi connectivity index (χ4n) is 2.35. The quantitative estimate of drug-likeness (QED) is 0.633. The van der Waals surface area contributed by atoms with Gasteiger partial charge in [0.1, 0.15) is 11.7 Å². The summed E-state index contributed by atoms with van der Waals surface area (Å²) in [6.07, 6.45) is 1.14. The van der Waals surface area contributed by atoms with Crippen molar-refractivity contribution in [2.45, 2.75) is 19.8 Å². The van der Waals surface area contributed by atoms with Crippen LogP contribution in [0.1, 0.15) is 29.3 Å². The smallest absolute Gasteiger partial charge is 0.316 e. The minimum Gasteiger partial charge on any atom is -0.496 e. The van der Waals surface area contributed by atoms with Gasteiger partial charge in [-0.25, -0.2) is 0 Å². The zero-order valence-electron chi connectivity index (χ0n) is 10.9. The zero-order chi connectivity index (χ0) is 14.0. The van der Waals surface area contributed by atoms with Gasteiger partial charge in [-0.1, -0.05) is 15.9 Å². The Morgan fingerprint density at radius 1 is 1.47 bits per heavy atom. The van der Waals surface area contributed by atoms with Gasteiger partial charge in [0.2, 0.25) is 0 Å². The van der Waals surface area contributed by atoms with Gasteiger partial charge in [0.05, 0.1) is 19.3 Å². The number of Topliss-reactive ketones (excluding diaryl/α,β-unsaturated/α-hetero) is 1. The molecule has 102 valence electrons. The summed E-state index contributed by atoms with van der Waals surface area (Å²) in [6.45, 7) is 2.02. The molecule has 0 aromatic heterocycles. The molecule has 19 heavy (non-hydrogen) atoms. The van der Waals surface area contributed by atoms with Crippen molar-refractivity contribution in [1.29, 1.82) is 0 Å². The maximum Gasteiger partial charge on any atom is 0.316 e. The van der Waals surface area contributed by atoms with Gasteiger partial charge < -0.3 is 9.47 Å². The van der Waals surface area contributed by atoms with Gasteiger partial charge in [0.15, 0.2) is 5.78 Å². The molecule has 5 heteroatoms. The predicted molar refractivity (Wildman–Crippen MR) is 73.5 cm³/mol. The van der Waals surface area contributed by atoms with Crippen LogP contribution in [0.25, 0.3) is 0 Å². The van der Waals surface area contributed by atoms with Crippen molar-refractivity contribution in [1.82, 2.24) is 0 Å². The Morgan fingerprint density at radius 3 is 2.84 bits per heavy atom. The van der Waals surface area contributed by atoms with Crippen LogP contribution in [0.4, 0.5) is 0 Å². The van der Waals surface area contributed by atoms with Gasteiger partial charge >= 0.3 is 5.97 Å². The van der Waals surface area contributed by atoms with Crippen LogP contribution in [-0.4, -0.2) is 25.5 Å². The molecule has 0 heterocycles. The molecular formula is C14H15BrO4. The third-order valence-electron chi connectivity index (χ3n) is 3.25. The number of methoxy groups -OCH3 is 1. The summed E-state index contributed by atoms with van der Waals surface area (Å²) < 4.78 is 11.1. The average Bonchev–Trinajstić information content (AvgIpc) is 2.40. The maximum atomic E-state index is 12.5. The fourth-order valence-corrected chi connectivity index (χ4v) is 2.88. The molecule has 0 saturated carbocycles. The SMILES string of the molecule is CCOC(=O)[C@H]1CCc2c(Br)ccc(OC)c2C1=O. The number of halogens is 1. The van der Waals surface area contributed by atoms with Crippen molar-refractivity contribution in [2.24, 2.45) is 5.92 Å². The number of carbonyl (C=O) groups excluding carboxylic acids is 2. The molecule has 0 aliphatic heterocycles. The monoisotopic (exact) mass is 326 g/mol. The summed E-state index contributed by atoms with van der Waals surface area (Å²) in [5, 5.41) is 0. The minimum atomic E-state index is -0.712. The van der Waals surface area contributed by atoms with E-state index in [9.17, 15) is 9.59 Å². The second kappa shape index (κ2) is 5.74. The predicted octanol–water partition coefficient (Wildman–Crippen LogP) is 2.77. The molecule has 0 spiro atoms. The molecule has 0 bridgehead atoms. The summed E-state index contributed by atoms with van der Waals surface area (Å²) in [6, 6.07) is 3.59. The van der Waals surface area contributed by atoms with E-state index in [1.54, 1.807) is 13.0 Å². The van der Waals surface area contributed by atoms with Crippen molar-refractivity contribution in [2.75, 3.05) is 13.7 Å². The molecule has 0 unspecified atom stereocenters. The lowest BCUT2D eigenvalue weighted by molar-refractivity contribution is -0.146. The van der Waals surface area contributed by atoms with E-state index in [1.807, 2.05) is 6.07 Å². The van der Waals surface area contributed by atoms with Crippen LogP contribution in [0.2, 0.25) is 0 Å². The van der Waals surface area contributed by atoms with Crippen LogP contribution < -0.4 is 4.74 Å². The van der Waals surface area contributed by atoms with Crippen molar-refractivity contribution < 1.29 is 19.1 Å². The van der Waals surface area contributed by atoms with Crippen molar-refractivity contribution >= 4 is 27.7 Å². The normalized spacial score (nSPS) is 17.8. The highest BCUT2D eigenvalue weighted by Gasteiger charge is 2.36. The number of benzene rings is 1. The Morgan fingerprint density at radius 2 is 2.21 bits per heavy atom. The number of hydrogen-bond acceptors (Lipinski definition) is 4. The highest BCUT2D eigenvalue weighted by molar-refractivity contribution is 9.10. The maximum absolute atomic E-state index is 12.5. The van der Waals surface area contributed by atoms with Gasteiger partial charge in [-0.2, -0.15) is 0 Å². The Bertz CT molecular complexity index is 524. The molecule has 1 aromatic rings. The van der Waals surface area contributed by atoms with Gasteiger partial charge in [-0.05, 0) is 37.5 Å². The van der Waals surface area contributed by atoms with Crippen molar-refractivity contribution in [3.63, 3.8) is 0 Å². The lowest BCUT2D eigenvalue weighted by atomic mass is 9.82. The molecule has 0 saturated heterocycles. The Hall–Kier alpha value is -1.36. The van der Waals surface area contributed by atoms with E-state index < -0.39 is 11.9 Å². The lowest BCUT2D eigenvalue weighted by Crippen LogP contribution is -2.31. The van der Waals surface area contributed by atoms with Crippen molar-refractivity contribution in [3.8, 4) is 5.75 Å². The van der Waals surface area contributed by atoms with Crippen LogP contribution in [0.15, 0.2) is 16.6 Å². The average molecular weight is 327 g/mol. The highest BCUT2D eigenvalue weighted by Crippen LogP contribution is 2.37. The second-order valence-corrected chi connectivity index (χ2v) is 5.17. The zero-order valence-corrected chi connectivity index (χ0v) is 12.5. The van der Waals surface area contributed by atoms with E-state index in [-0.39, 0.29) is 12.4 Å². The summed E-state index contributed by atoms with van der Waals surface area (Å²) in [5.41, 5.74) is 1.41. The van der Waals surface area contributed by atoms with E-state index in [0.717, 1.165) is 10.0 Å². The molecule has 0 N–H and O–H groups in total. The summed E-state index contributed by atoms with van der Waals surface area (Å²) in [5.74, 6) is -0.856. The summed E-state index contributed by atoms with van der Waals surface area (Å²) in [7, 11) is 1.52. The molecular weight excluding hydrogens is 312 g/mol. The number of ketones is 1. The number of ether oxygens (including phenoxy) is 2. The van der Waals surface area contributed by atoms with Crippen LogP contribution in [-0.2, 0) is 16.0 Å². The van der Waals surface area contributed by atoms with Crippen LogP contribution >= 0.6 is 15.9 Å². The highest BCUT2D eigenvalue weighted by atomic mass is 79.9. The lowest BCUT2D eigenvalue weighted by Gasteiger charge is -2.24. The largest absolute Gasteiger partial charge is 0.496 e. The third-order valence-corrected chi connectivity index (χ3v) is 4.00. The van der Waals surface area contributed by atoms with Gasteiger partial charge in [0.25, 0.3) is 0 Å². The van der Waals surface area contributed by atoms with E-state index >= 15 is 0 Å². The first-order valence-electron chi connectivity index (χ1n) is 6.16. The summed E-state index contributed by atoms with van der Waals surface area (Å²) in [4.78, 5) is 24.3. The van der Waals surface area contributed by atoms with Crippen molar-refractivity contribution in [3.05, 3.63) is 27.7 Å². The van der Waals surface area contributed by atoms with E-state index in [0.29, 0.717) is 24.2 Å². The van der Waals surface area contributed by atoms with Gasteiger partial charge in [-0.15, -0.1) is 0 Å². The molecule has 2 rings (SSSR count). The molecule has 4 nitrogen and oxygen atoms in total. The van der Waals surface area contributed by atoms with Gasteiger partial charge in [0, 0.05) is 4.47 Å². The number of rotatable bonds is 3. The molecule has 1 atom stereocenters. The molecule has 1 aliphatic rings. The van der Waals surface area contributed by atoms with Crippen LogP contribution in [0.5, 0.6) is 5.75 Å². The van der Waals surface area contributed by atoms with E-state index in [4.69, 9.17) is 9.47 Å². The molecule has 0 fully saturated rings. The first-order valence-corrected chi connectivity index (χ1v) is 6.95. The van der Waals surface area contributed by atoms with E-state index in [1.165, 1.54) is 7.11 Å². The number of esters is 1. The number of carbonyl (C=O) groups is 2. The first-order chi connectivity index (χ1) is 9.10. The molecule has 1 aromatic carbocycles. The Labute approximate surface area is 120 Å². The number of fused-ring (bicyclic) bond motifs is 1.